The van der Waals surface area contributed by atoms with E-state index in [1.165, 1.54) is 6.20 Å². The van der Waals surface area contributed by atoms with Crippen LogP contribution in [0, 0.1) is 0 Å². The maximum Gasteiger partial charge on any atom is 0.150 e. The molecule has 1 aromatic rings. The highest BCUT2D eigenvalue weighted by Crippen LogP contribution is 2.18. The van der Waals surface area contributed by atoms with E-state index in [1.54, 1.807) is 6.20 Å². The van der Waals surface area contributed by atoms with E-state index in [-0.39, 0.29) is 5.41 Å². The Morgan fingerprint density at radius 2 is 2.07 bits per heavy atom. The fraction of sp³-hybridized carbons (Fsp3) is 0.455. The topological polar surface area (TPSA) is 30.2 Å². The lowest BCUT2D eigenvalue weighted by atomic mass is 9.92. The van der Waals surface area contributed by atoms with Gasteiger partial charge in [-0.25, -0.2) is 4.99 Å². The molecular formula is C11H17N3. The third-order valence-electron chi connectivity index (χ3n) is 2.08. The minimum absolute atomic E-state index is 0.0778. The fourth-order valence-electron chi connectivity index (χ4n) is 1.38. The van der Waals surface area contributed by atoms with E-state index in [2.05, 4.69) is 37.3 Å². The van der Waals surface area contributed by atoms with Crippen molar-refractivity contribution >= 4 is 0 Å². The number of hydrogen-bond donors (Lipinski definition) is 0. The molecule has 0 amide bonds. The number of hydrogen-bond acceptors (Lipinski definition) is 2. The molecule has 0 aliphatic carbocycles. The zero-order valence-electron chi connectivity index (χ0n) is 9.28. The normalized spacial score (nSPS) is 13.0. The van der Waals surface area contributed by atoms with Gasteiger partial charge in [0, 0.05) is 30.6 Å². The fourth-order valence-corrected chi connectivity index (χ4v) is 1.38. The first kappa shape index (κ1) is 10.7. The smallest absolute Gasteiger partial charge is 0.150 e. The van der Waals surface area contributed by atoms with Crippen LogP contribution < -0.4 is 5.49 Å². The van der Waals surface area contributed by atoms with Crippen LogP contribution in [0.15, 0.2) is 30.2 Å². The summed E-state index contributed by atoms with van der Waals surface area (Å²) < 4.78 is 2.04. The Kier molecular flexibility index (Phi) is 2.89. The summed E-state index contributed by atoms with van der Waals surface area (Å²) in [5.74, 6) is 0. The summed E-state index contributed by atoms with van der Waals surface area (Å²) in [4.78, 5) is 8.31. The Morgan fingerprint density at radius 1 is 1.43 bits per heavy atom. The van der Waals surface area contributed by atoms with Crippen molar-refractivity contribution in [3.63, 3.8) is 0 Å². The van der Waals surface area contributed by atoms with Gasteiger partial charge in [-0.1, -0.05) is 27.4 Å². The van der Waals surface area contributed by atoms with Crippen molar-refractivity contribution in [2.45, 2.75) is 26.2 Å². The van der Waals surface area contributed by atoms with Crippen molar-refractivity contribution in [1.29, 1.82) is 0 Å². The molecule has 0 unspecified atom stereocenters. The maximum absolute atomic E-state index is 4.17. The van der Waals surface area contributed by atoms with Gasteiger partial charge in [0.05, 0.1) is 6.20 Å². The van der Waals surface area contributed by atoms with Gasteiger partial charge in [-0.15, -0.1) is 0 Å². The molecule has 1 heterocycles. The number of aromatic nitrogens is 2. The second-order valence-corrected chi connectivity index (χ2v) is 4.27. The molecule has 0 atom stereocenters. The lowest BCUT2D eigenvalue weighted by molar-refractivity contribution is 0.523. The number of rotatable bonds is 1. The van der Waals surface area contributed by atoms with Crippen molar-refractivity contribution in [3.05, 3.63) is 36.4 Å². The third kappa shape index (κ3) is 2.10. The second kappa shape index (κ2) is 3.78. The van der Waals surface area contributed by atoms with Gasteiger partial charge in [-0.3, -0.25) is 4.98 Å². The zero-order valence-corrected chi connectivity index (χ0v) is 9.28. The summed E-state index contributed by atoms with van der Waals surface area (Å²) in [6.45, 7) is 10.0. The predicted octanol–water partition coefficient (Wildman–Crippen LogP) is 1.76. The summed E-state index contributed by atoms with van der Waals surface area (Å²) in [5, 5.41) is 0. The van der Waals surface area contributed by atoms with Crippen molar-refractivity contribution in [2.75, 3.05) is 0 Å². The molecule has 76 valence electrons. The van der Waals surface area contributed by atoms with Crippen molar-refractivity contribution in [2.24, 2.45) is 12.0 Å². The Hall–Kier alpha value is -1.38. The first-order valence-electron chi connectivity index (χ1n) is 4.63. The van der Waals surface area contributed by atoms with Crippen LogP contribution in [0.2, 0.25) is 0 Å². The van der Waals surface area contributed by atoms with Gasteiger partial charge in [0.1, 0.15) is 0 Å². The van der Waals surface area contributed by atoms with E-state index in [0.29, 0.717) is 0 Å². The Balaban J connectivity index is 3.43. The molecule has 0 radical (unpaired) electrons. The van der Waals surface area contributed by atoms with Gasteiger partial charge >= 0.3 is 0 Å². The highest BCUT2D eigenvalue weighted by Gasteiger charge is 2.16. The summed E-state index contributed by atoms with van der Waals surface area (Å²) in [6.07, 6.45) is 5.14. The molecule has 0 aliphatic rings. The Labute approximate surface area is 84.8 Å². The average molecular weight is 191 g/mol. The molecule has 1 rings (SSSR count). The SMILES string of the molecule is C=C/N=c1/cncc(C(C)(C)C)n1C. The van der Waals surface area contributed by atoms with Gasteiger partial charge in [-0.2, -0.15) is 0 Å². The zero-order chi connectivity index (χ0) is 10.8. The van der Waals surface area contributed by atoms with Crippen LogP contribution in [0.5, 0.6) is 0 Å². The average Bonchev–Trinajstić information content (AvgIpc) is 2.07. The summed E-state index contributed by atoms with van der Waals surface area (Å²) in [5.41, 5.74) is 2.06. The monoisotopic (exact) mass is 191 g/mol. The first-order chi connectivity index (χ1) is 6.46. The molecule has 0 N–H and O–H groups in total. The molecule has 1 aromatic heterocycles. The molecule has 3 heteroatoms. The molecule has 3 nitrogen and oxygen atoms in total. The van der Waals surface area contributed by atoms with E-state index in [1.807, 2.05) is 17.8 Å². The van der Waals surface area contributed by atoms with Crippen LogP contribution >= 0.6 is 0 Å². The van der Waals surface area contributed by atoms with Crippen LogP contribution in [0.25, 0.3) is 0 Å². The minimum Gasteiger partial charge on any atom is -0.330 e. The Morgan fingerprint density at radius 3 is 2.57 bits per heavy atom. The molecular weight excluding hydrogens is 174 g/mol. The second-order valence-electron chi connectivity index (χ2n) is 4.27. The van der Waals surface area contributed by atoms with E-state index in [4.69, 9.17) is 0 Å². The molecule has 0 aromatic carbocycles. The maximum atomic E-state index is 4.17. The largest absolute Gasteiger partial charge is 0.330 e. The molecule has 0 saturated heterocycles. The first-order valence-corrected chi connectivity index (χ1v) is 4.63. The highest BCUT2D eigenvalue weighted by atomic mass is 15.0. The van der Waals surface area contributed by atoms with Gasteiger partial charge in [0.15, 0.2) is 5.49 Å². The lowest BCUT2D eigenvalue weighted by Crippen LogP contribution is -2.28. The summed E-state index contributed by atoms with van der Waals surface area (Å²) >= 11 is 0. The van der Waals surface area contributed by atoms with Crippen molar-refractivity contribution in [3.8, 4) is 0 Å². The minimum atomic E-state index is 0.0778. The highest BCUT2D eigenvalue weighted by molar-refractivity contribution is 5.09. The standard InChI is InChI=1S/C11H17N3/c1-6-13-10-8-12-7-9(14(10)5)11(2,3)4/h6-8H,1H2,2-5H3/b13-10-. The van der Waals surface area contributed by atoms with Gasteiger partial charge in [0.25, 0.3) is 0 Å². The van der Waals surface area contributed by atoms with Crippen LogP contribution in [-0.2, 0) is 12.5 Å². The van der Waals surface area contributed by atoms with E-state index < -0.39 is 0 Å². The van der Waals surface area contributed by atoms with Crippen LogP contribution in [0.4, 0.5) is 0 Å². The molecule has 0 aliphatic heterocycles. The van der Waals surface area contributed by atoms with Crippen LogP contribution in [0.1, 0.15) is 26.5 Å². The van der Waals surface area contributed by atoms with Gasteiger partial charge in [-0.05, 0) is 0 Å². The Bertz CT molecular complexity index is 394. The van der Waals surface area contributed by atoms with Crippen molar-refractivity contribution < 1.29 is 0 Å². The third-order valence-corrected chi connectivity index (χ3v) is 2.08. The predicted molar refractivity (Wildman–Crippen MR) is 57.7 cm³/mol. The molecule has 14 heavy (non-hydrogen) atoms. The van der Waals surface area contributed by atoms with Crippen LogP contribution in [-0.4, -0.2) is 9.55 Å². The summed E-state index contributed by atoms with van der Waals surface area (Å²) in [7, 11) is 1.99. The van der Waals surface area contributed by atoms with Crippen LogP contribution in [0.3, 0.4) is 0 Å². The molecule has 0 bridgehead atoms. The van der Waals surface area contributed by atoms with E-state index in [0.717, 1.165) is 11.2 Å². The van der Waals surface area contributed by atoms with E-state index >= 15 is 0 Å². The van der Waals surface area contributed by atoms with Gasteiger partial charge < -0.3 is 4.57 Å². The van der Waals surface area contributed by atoms with Crippen molar-refractivity contribution in [1.82, 2.24) is 9.55 Å². The molecule has 0 fully saturated rings. The lowest BCUT2D eigenvalue weighted by Gasteiger charge is -2.21. The molecule has 0 spiro atoms. The molecule has 0 saturated carbocycles. The van der Waals surface area contributed by atoms with Gasteiger partial charge in [0.2, 0.25) is 0 Å². The quantitative estimate of drug-likeness (QED) is 0.665. The number of nitrogens with zero attached hydrogens (tertiary/aromatic N) is 3. The van der Waals surface area contributed by atoms with E-state index in [9.17, 15) is 0 Å². The summed E-state index contributed by atoms with van der Waals surface area (Å²) in [6, 6.07) is 0.